The molecule has 1 saturated heterocycles. The molecule has 0 bridgehead atoms. The summed E-state index contributed by atoms with van der Waals surface area (Å²) in [5, 5.41) is 15.1. The number of para-hydroxylation sites is 1. The first kappa shape index (κ1) is 22.0. The lowest BCUT2D eigenvalue weighted by molar-refractivity contribution is 0.102. The van der Waals surface area contributed by atoms with E-state index in [1.54, 1.807) is 4.68 Å². The van der Waals surface area contributed by atoms with Gasteiger partial charge in [0.2, 0.25) is 0 Å². The highest BCUT2D eigenvalue weighted by Gasteiger charge is 2.28. The van der Waals surface area contributed by atoms with Crippen LogP contribution >= 0.6 is 0 Å². The molecule has 0 spiro atoms. The highest BCUT2D eigenvalue weighted by atomic mass is 16.5. The number of hydrogen-bond acceptors (Lipinski definition) is 8. The maximum Gasteiger partial charge on any atom is 0.274 e. The van der Waals surface area contributed by atoms with Gasteiger partial charge in [0, 0.05) is 25.2 Å². The van der Waals surface area contributed by atoms with Crippen molar-refractivity contribution in [2.45, 2.75) is 44.6 Å². The molecule has 0 unspecified atom stereocenters. The highest BCUT2D eigenvalue weighted by Crippen LogP contribution is 2.40. The minimum absolute atomic E-state index is 0.0426. The molecule has 1 atom stereocenters. The summed E-state index contributed by atoms with van der Waals surface area (Å²) in [5.41, 5.74) is 4.65. The van der Waals surface area contributed by atoms with Gasteiger partial charge in [-0.05, 0) is 61.2 Å². The number of nitrogens with one attached hydrogen (secondary N) is 1. The van der Waals surface area contributed by atoms with Crippen LogP contribution in [0.3, 0.4) is 0 Å². The second-order valence-corrected chi connectivity index (χ2v) is 9.98. The van der Waals surface area contributed by atoms with Crippen molar-refractivity contribution in [3.05, 3.63) is 54.4 Å². The number of tetrazole rings is 1. The van der Waals surface area contributed by atoms with Gasteiger partial charge in [0.15, 0.2) is 11.6 Å². The number of aromatic nitrogens is 7. The van der Waals surface area contributed by atoms with Gasteiger partial charge in [0.05, 0.1) is 46.9 Å². The Bertz CT molecular complexity index is 1480. The van der Waals surface area contributed by atoms with Crippen LogP contribution < -0.4 is 15.0 Å². The Kier molecular flexibility index (Phi) is 5.15. The molecule has 1 saturated carbocycles. The minimum Gasteiger partial charge on any atom is -0.488 e. The largest absolute Gasteiger partial charge is 0.488 e. The zero-order chi connectivity index (χ0) is 24.9. The van der Waals surface area contributed by atoms with E-state index in [0.717, 1.165) is 48.6 Å². The Labute approximate surface area is 213 Å². The normalized spacial score (nSPS) is 18.6. The second kappa shape index (κ2) is 8.68. The first-order chi connectivity index (χ1) is 18.2. The number of carbonyl (C=O) groups excluding carboxylic acids is 1. The molecule has 2 fully saturated rings. The van der Waals surface area contributed by atoms with E-state index in [0.29, 0.717) is 35.5 Å². The van der Waals surface area contributed by atoms with Gasteiger partial charge in [-0.2, -0.15) is 0 Å². The Morgan fingerprint density at radius 1 is 1.14 bits per heavy atom. The average molecular weight is 498 g/mol. The summed E-state index contributed by atoms with van der Waals surface area (Å²) in [7, 11) is 0. The molecule has 188 valence electrons. The maximum absolute atomic E-state index is 13.5. The van der Waals surface area contributed by atoms with E-state index in [1.165, 1.54) is 12.8 Å². The van der Waals surface area contributed by atoms with Crippen LogP contribution in [0.5, 0.6) is 5.75 Å². The monoisotopic (exact) mass is 497 g/mol. The topological polar surface area (TPSA) is 116 Å². The number of amides is 1. The van der Waals surface area contributed by atoms with E-state index in [-0.39, 0.29) is 11.9 Å². The van der Waals surface area contributed by atoms with Crippen LogP contribution in [0.25, 0.3) is 17.1 Å². The molecule has 11 nitrogen and oxygen atoms in total. The van der Waals surface area contributed by atoms with Crippen molar-refractivity contribution in [2.24, 2.45) is 0 Å². The Hall–Kier alpha value is -4.28. The van der Waals surface area contributed by atoms with Crippen molar-refractivity contribution in [1.29, 1.82) is 0 Å². The fraction of sp³-hybridized carbons (Fsp3) is 0.385. The SMILES string of the molecule is C[C@H]1COc2c(NC(=O)c3cc(-n4cnc(C5CC5)c4)c(N4CCCC4)cn3)cccc2-c2nnnn21. The first-order valence-electron chi connectivity index (χ1n) is 12.8. The van der Waals surface area contributed by atoms with Gasteiger partial charge >= 0.3 is 0 Å². The molecule has 3 aliphatic rings. The molecule has 1 aliphatic carbocycles. The zero-order valence-corrected chi connectivity index (χ0v) is 20.5. The van der Waals surface area contributed by atoms with Gasteiger partial charge in [-0.15, -0.1) is 5.10 Å². The van der Waals surface area contributed by atoms with Gasteiger partial charge in [0.25, 0.3) is 5.91 Å². The fourth-order valence-corrected chi connectivity index (χ4v) is 5.13. The lowest BCUT2D eigenvalue weighted by Crippen LogP contribution is -2.21. The predicted molar refractivity (Wildman–Crippen MR) is 136 cm³/mol. The molecular weight excluding hydrogens is 470 g/mol. The van der Waals surface area contributed by atoms with Crippen LogP contribution in [-0.2, 0) is 0 Å². The van der Waals surface area contributed by atoms with Gasteiger partial charge < -0.3 is 19.5 Å². The number of anilines is 2. The Balaban J connectivity index is 1.23. The summed E-state index contributed by atoms with van der Waals surface area (Å²) in [6.07, 6.45) is 10.4. The predicted octanol–water partition coefficient (Wildman–Crippen LogP) is 3.60. The van der Waals surface area contributed by atoms with Crippen molar-refractivity contribution < 1.29 is 9.53 Å². The van der Waals surface area contributed by atoms with E-state index in [1.807, 2.05) is 48.3 Å². The van der Waals surface area contributed by atoms with Crippen molar-refractivity contribution >= 4 is 17.3 Å². The number of nitrogens with zero attached hydrogens (tertiary/aromatic N) is 8. The lowest BCUT2D eigenvalue weighted by Gasteiger charge is -2.22. The fourth-order valence-electron chi connectivity index (χ4n) is 5.13. The molecule has 0 radical (unpaired) electrons. The van der Waals surface area contributed by atoms with Crippen molar-refractivity contribution in [3.8, 4) is 22.8 Å². The van der Waals surface area contributed by atoms with Gasteiger partial charge in [0.1, 0.15) is 12.3 Å². The third-order valence-corrected chi connectivity index (χ3v) is 7.30. The number of hydrogen-bond donors (Lipinski definition) is 1. The van der Waals surface area contributed by atoms with E-state index in [2.05, 4.69) is 41.9 Å². The van der Waals surface area contributed by atoms with Crippen LogP contribution in [0.2, 0.25) is 0 Å². The number of benzene rings is 1. The first-order valence-corrected chi connectivity index (χ1v) is 12.8. The summed E-state index contributed by atoms with van der Waals surface area (Å²) in [6.45, 7) is 4.34. The quantitative estimate of drug-likeness (QED) is 0.445. The number of ether oxygens (including phenoxy) is 1. The van der Waals surface area contributed by atoms with E-state index in [9.17, 15) is 4.79 Å². The third kappa shape index (κ3) is 3.90. The molecule has 11 heteroatoms. The molecule has 7 rings (SSSR count). The standard InChI is InChI=1S/C26H27N9O2/c1-16-14-37-24-18(25-30-31-32-35(16)25)5-4-6-19(24)29-26(36)20-11-22(23(12-27-20)33-9-2-3-10-33)34-13-21(28-15-34)17-7-8-17/h4-6,11-13,15-17H,2-3,7-10,14H2,1H3,(H,29,36)/t16-/m0/s1. The summed E-state index contributed by atoms with van der Waals surface area (Å²) >= 11 is 0. The molecule has 5 heterocycles. The molecule has 1 N–H and O–H groups in total. The average Bonchev–Trinajstić information content (AvgIpc) is 3.31. The smallest absolute Gasteiger partial charge is 0.274 e. The molecule has 4 aromatic rings. The second-order valence-electron chi connectivity index (χ2n) is 9.98. The Morgan fingerprint density at radius 3 is 2.84 bits per heavy atom. The van der Waals surface area contributed by atoms with Crippen molar-refractivity contribution in [1.82, 2.24) is 34.7 Å². The lowest BCUT2D eigenvalue weighted by atomic mass is 10.1. The van der Waals surface area contributed by atoms with Crippen LogP contribution in [0.15, 0.2) is 43.0 Å². The van der Waals surface area contributed by atoms with E-state index in [4.69, 9.17) is 4.74 Å². The maximum atomic E-state index is 13.5. The third-order valence-electron chi connectivity index (χ3n) is 7.30. The van der Waals surface area contributed by atoms with Crippen LogP contribution in [0.1, 0.15) is 60.7 Å². The zero-order valence-electron chi connectivity index (χ0n) is 20.5. The summed E-state index contributed by atoms with van der Waals surface area (Å²) in [6, 6.07) is 7.37. The Morgan fingerprint density at radius 2 is 2.00 bits per heavy atom. The van der Waals surface area contributed by atoms with Gasteiger partial charge in [-0.3, -0.25) is 4.79 Å². The van der Waals surface area contributed by atoms with Gasteiger partial charge in [-0.1, -0.05) is 6.07 Å². The summed E-state index contributed by atoms with van der Waals surface area (Å²) < 4.78 is 9.86. The minimum atomic E-state index is -0.314. The summed E-state index contributed by atoms with van der Waals surface area (Å²) in [4.78, 5) is 25.0. The molecular formula is C26H27N9O2. The van der Waals surface area contributed by atoms with Crippen LogP contribution in [-0.4, -0.2) is 60.3 Å². The number of imidazole rings is 1. The highest BCUT2D eigenvalue weighted by molar-refractivity contribution is 6.05. The number of fused-ring (bicyclic) bond motifs is 3. The molecule has 1 aromatic carbocycles. The summed E-state index contributed by atoms with van der Waals surface area (Å²) in [5.74, 6) is 1.40. The van der Waals surface area contributed by atoms with Crippen molar-refractivity contribution in [3.63, 3.8) is 0 Å². The molecule has 3 aromatic heterocycles. The number of carbonyl (C=O) groups is 1. The molecule has 2 aliphatic heterocycles. The number of pyridine rings is 1. The van der Waals surface area contributed by atoms with E-state index >= 15 is 0 Å². The number of rotatable bonds is 5. The van der Waals surface area contributed by atoms with Crippen molar-refractivity contribution in [2.75, 3.05) is 29.9 Å². The van der Waals surface area contributed by atoms with Crippen LogP contribution in [0, 0.1) is 0 Å². The van der Waals surface area contributed by atoms with E-state index < -0.39 is 0 Å². The molecule has 37 heavy (non-hydrogen) atoms. The van der Waals surface area contributed by atoms with Crippen LogP contribution in [0.4, 0.5) is 11.4 Å². The van der Waals surface area contributed by atoms with Gasteiger partial charge in [-0.25, -0.2) is 14.6 Å². The molecule has 1 amide bonds.